The van der Waals surface area contributed by atoms with E-state index >= 15 is 0 Å². The third-order valence-electron chi connectivity index (χ3n) is 3.36. The third kappa shape index (κ3) is 4.11. The zero-order chi connectivity index (χ0) is 16.9. The van der Waals surface area contributed by atoms with Crippen LogP contribution in [0.15, 0.2) is 33.2 Å². The zero-order valence-electron chi connectivity index (χ0n) is 12.6. The molecule has 7 nitrogen and oxygen atoms in total. The van der Waals surface area contributed by atoms with Crippen LogP contribution in [0, 0.1) is 0 Å². The summed E-state index contributed by atoms with van der Waals surface area (Å²) >= 11 is 4.65. The second-order valence-electron chi connectivity index (χ2n) is 5.02. The van der Waals surface area contributed by atoms with Crippen LogP contribution in [-0.2, 0) is 4.74 Å². The van der Waals surface area contributed by atoms with E-state index in [1.165, 1.54) is 17.6 Å². The minimum atomic E-state index is -0.361. The van der Waals surface area contributed by atoms with Gasteiger partial charge in [-0.1, -0.05) is 0 Å². The number of phenolic OH excluding ortho intramolecular Hbond substituents is 1. The van der Waals surface area contributed by atoms with Gasteiger partial charge in [0.2, 0.25) is 0 Å². The Balaban J connectivity index is 1.59. The van der Waals surface area contributed by atoms with Crippen molar-refractivity contribution in [3.05, 3.63) is 39.3 Å². The lowest BCUT2D eigenvalue weighted by molar-refractivity contribution is 0.0951. The third-order valence-corrected chi connectivity index (χ3v) is 4.89. The Bertz CT molecular complexity index is 759. The number of carbonyl (C=O) groups is 1. The van der Waals surface area contributed by atoms with E-state index in [-0.39, 0.29) is 11.7 Å². The van der Waals surface area contributed by atoms with Crippen molar-refractivity contribution in [3.8, 4) is 5.75 Å². The number of amides is 1. The number of hydrogen-bond donors (Lipinski definition) is 2. The van der Waals surface area contributed by atoms with Crippen molar-refractivity contribution in [1.29, 1.82) is 0 Å². The molecular formula is C15H15BrN4O3S. The van der Waals surface area contributed by atoms with Crippen molar-refractivity contribution < 1.29 is 14.6 Å². The highest BCUT2D eigenvalue weighted by molar-refractivity contribution is 9.10. The molecule has 24 heavy (non-hydrogen) atoms. The first-order valence-corrected chi connectivity index (χ1v) is 8.91. The van der Waals surface area contributed by atoms with Gasteiger partial charge in [-0.25, -0.2) is 10.4 Å². The molecule has 1 aromatic heterocycles. The monoisotopic (exact) mass is 410 g/mol. The maximum atomic E-state index is 12.1. The summed E-state index contributed by atoms with van der Waals surface area (Å²) in [7, 11) is 0. The van der Waals surface area contributed by atoms with Crippen LogP contribution in [0.2, 0.25) is 0 Å². The second kappa shape index (κ2) is 7.73. The number of aromatic hydroxyl groups is 1. The number of aromatic nitrogens is 1. The zero-order valence-corrected chi connectivity index (χ0v) is 15.0. The lowest BCUT2D eigenvalue weighted by atomic mass is 10.2. The van der Waals surface area contributed by atoms with Crippen LogP contribution in [0.3, 0.4) is 0 Å². The SMILES string of the molecule is O=C(N/N=C/c1ccc(O)c(Br)c1)c1csc(N2CCOCC2)n1. The van der Waals surface area contributed by atoms with Crippen LogP contribution in [0.25, 0.3) is 0 Å². The number of hydrazone groups is 1. The Hall–Kier alpha value is -1.97. The van der Waals surface area contributed by atoms with Crippen molar-refractivity contribution in [3.63, 3.8) is 0 Å². The van der Waals surface area contributed by atoms with E-state index in [1.807, 2.05) is 0 Å². The Morgan fingerprint density at radius 2 is 2.25 bits per heavy atom. The highest BCUT2D eigenvalue weighted by atomic mass is 79.9. The van der Waals surface area contributed by atoms with E-state index in [0.717, 1.165) is 23.8 Å². The Labute approximate surface area is 151 Å². The lowest BCUT2D eigenvalue weighted by Crippen LogP contribution is -2.36. The molecular weight excluding hydrogens is 396 g/mol. The molecule has 0 saturated carbocycles. The number of nitrogens with one attached hydrogen (secondary N) is 1. The first-order valence-electron chi connectivity index (χ1n) is 7.23. The fourth-order valence-electron chi connectivity index (χ4n) is 2.09. The van der Waals surface area contributed by atoms with E-state index in [2.05, 4.69) is 36.3 Å². The highest BCUT2D eigenvalue weighted by Crippen LogP contribution is 2.23. The normalized spacial score (nSPS) is 15.0. The molecule has 1 fully saturated rings. The molecule has 1 saturated heterocycles. The molecule has 0 bridgehead atoms. The molecule has 2 N–H and O–H groups in total. The van der Waals surface area contributed by atoms with Gasteiger partial charge in [-0.3, -0.25) is 4.79 Å². The van der Waals surface area contributed by atoms with Gasteiger partial charge in [0, 0.05) is 18.5 Å². The number of nitrogens with zero attached hydrogens (tertiary/aromatic N) is 3. The van der Waals surface area contributed by atoms with Gasteiger partial charge >= 0.3 is 0 Å². The predicted octanol–water partition coefficient (Wildman–Crippen LogP) is 2.21. The van der Waals surface area contributed by atoms with Crippen molar-refractivity contribution in [1.82, 2.24) is 10.4 Å². The summed E-state index contributed by atoms with van der Waals surface area (Å²) in [6.45, 7) is 2.91. The van der Waals surface area contributed by atoms with E-state index in [1.54, 1.807) is 23.6 Å². The van der Waals surface area contributed by atoms with Crippen LogP contribution >= 0.6 is 27.3 Å². The fourth-order valence-corrected chi connectivity index (χ4v) is 3.35. The van der Waals surface area contributed by atoms with Gasteiger partial charge in [0.15, 0.2) is 5.13 Å². The maximum Gasteiger partial charge on any atom is 0.290 e. The van der Waals surface area contributed by atoms with Crippen molar-refractivity contribution in [2.24, 2.45) is 5.10 Å². The number of hydrogen-bond acceptors (Lipinski definition) is 7. The number of halogens is 1. The number of benzene rings is 1. The Kier molecular flexibility index (Phi) is 5.44. The second-order valence-corrected chi connectivity index (χ2v) is 6.72. The van der Waals surface area contributed by atoms with Crippen LogP contribution in [0.5, 0.6) is 5.75 Å². The first kappa shape index (κ1) is 16.9. The maximum absolute atomic E-state index is 12.1. The van der Waals surface area contributed by atoms with Crippen molar-refractivity contribution in [2.45, 2.75) is 0 Å². The molecule has 1 aliphatic heterocycles. The van der Waals surface area contributed by atoms with Gasteiger partial charge in [-0.15, -0.1) is 11.3 Å². The average molecular weight is 411 g/mol. The van der Waals surface area contributed by atoms with Crippen LogP contribution in [0.1, 0.15) is 16.1 Å². The van der Waals surface area contributed by atoms with Crippen molar-refractivity contribution >= 4 is 44.5 Å². The molecule has 0 unspecified atom stereocenters. The van der Waals surface area contributed by atoms with Crippen LogP contribution < -0.4 is 10.3 Å². The summed E-state index contributed by atoms with van der Waals surface area (Å²) in [5, 5.41) is 15.9. The topological polar surface area (TPSA) is 87.0 Å². The van der Waals surface area contributed by atoms with Gasteiger partial charge in [0.05, 0.1) is 23.9 Å². The molecule has 1 aliphatic rings. The number of anilines is 1. The molecule has 0 aliphatic carbocycles. The van der Waals surface area contributed by atoms with E-state index < -0.39 is 0 Å². The molecule has 2 heterocycles. The number of ether oxygens (including phenoxy) is 1. The van der Waals surface area contributed by atoms with Crippen LogP contribution in [0.4, 0.5) is 5.13 Å². The highest BCUT2D eigenvalue weighted by Gasteiger charge is 2.17. The average Bonchev–Trinajstić information content (AvgIpc) is 3.09. The summed E-state index contributed by atoms with van der Waals surface area (Å²) in [4.78, 5) is 18.5. The van der Waals surface area contributed by atoms with E-state index in [0.29, 0.717) is 23.4 Å². The number of carbonyl (C=O) groups excluding carboxylic acids is 1. The number of morpholine rings is 1. The number of rotatable bonds is 4. The van der Waals surface area contributed by atoms with Gasteiger partial charge in [-0.05, 0) is 39.7 Å². The molecule has 1 aromatic carbocycles. The minimum Gasteiger partial charge on any atom is -0.507 e. The van der Waals surface area contributed by atoms with Gasteiger partial charge < -0.3 is 14.7 Å². The molecule has 0 spiro atoms. The summed E-state index contributed by atoms with van der Waals surface area (Å²) in [6.07, 6.45) is 1.50. The summed E-state index contributed by atoms with van der Waals surface area (Å²) in [6, 6.07) is 4.93. The molecule has 0 atom stereocenters. The molecule has 9 heteroatoms. The number of thiazole rings is 1. The van der Waals surface area contributed by atoms with Gasteiger partial charge in [0.1, 0.15) is 11.4 Å². The van der Waals surface area contributed by atoms with Crippen molar-refractivity contribution in [2.75, 3.05) is 31.2 Å². The summed E-state index contributed by atoms with van der Waals surface area (Å²) in [5.74, 6) is -0.214. The van der Waals surface area contributed by atoms with Gasteiger partial charge in [0.25, 0.3) is 5.91 Å². The van der Waals surface area contributed by atoms with Gasteiger partial charge in [-0.2, -0.15) is 5.10 Å². The number of phenols is 1. The Morgan fingerprint density at radius 3 is 3.00 bits per heavy atom. The smallest absolute Gasteiger partial charge is 0.290 e. The standard InChI is InChI=1S/C15H15BrN4O3S/c16-11-7-10(1-2-13(11)21)8-17-19-14(22)12-9-24-15(18-12)20-3-5-23-6-4-20/h1-2,7-9,21H,3-6H2,(H,19,22)/b17-8+. The van der Waals surface area contributed by atoms with E-state index in [9.17, 15) is 9.90 Å². The summed E-state index contributed by atoms with van der Waals surface area (Å²) in [5.41, 5.74) is 3.53. The molecule has 2 aromatic rings. The molecule has 0 radical (unpaired) electrons. The molecule has 3 rings (SSSR count). The van der Waals surface area contributed by atoms with Crippen LogP contribution in [-0.4, -0.2) is 48.5 Å². The summed E-state index contributed by atoms with van der Waals surface area (Å²) < 4.78 is 5.87. The quantitative estimate of drug-likeness (QED) is 0.595. The lowest BCUT2D eigenvalue weighted by Gasteiger charge is -2.25. The fraction of sp³-hybridized carbons (Fsp3) is 0.267. The minimum absolute atomic E-state index is 0.148. The molecule has 126 valence electrons. The molecule has 1 amide bonds. The first-order chi connectivity index (χ1) is 11.6. The van der Waals surface area contributed by atoms with E-state index in [4.69, 9.17) is 4.74 Å². The Morgan fingerprint density at radius 1 is 1.46 bits per heavy atom. The predicted molar refractivity (Wildman–Crippen MR) is 96.0 cm³/mol. The largest absolute Gasteiger partial charge is 0.507 e.